The lowest BCUT2D eigenvalue weighted by Gasteiger charge is -2.35. The van der Waals surface area contributed by atoms with Gasteiger partial charge in [0.2, 0.25) is 0 Å². The third-order valence-electron chi connectivity index (χ3n) is 6.98. The van der Waals surface area contributed by atoms with Crippen molar-refractivity contribution in [3.05, 3.63) is 144 Å². The average Bonchev–Trinajstić information content (AvgIpc) is 2.87. The maximum absolute atomic E-state index is 2.40. The van der Waals surface area contributed by atoms with E-state index in [0.717, 1.165) is 0 Å². The van der Waals surface area contributed by atoms with Crippen LogP contribution < -0.4 is 0 Å². The van der Waals surface area contributed by atoms with E-state index in [1.165, 1.54) is 49.0 Å². The molecule has 0 saturated heterocycles. The summed E-state index contributed by atoms with van der Waals surface area (Å²) in [7, 11) is 0. The molecule has 6 aromatic carbocycles. The second-order valence-corrected chi connectivity index (χ2v) is 8.71. The Hall–Kier alpha value is -3.90. The smallest absolute Gasteiger partial charge is 0.0441 e. The van der Waals surface area contributed by atoms with E-state index >= 15 is 0 Å². The maximum atomic E-state index is 2.40. The van der Waals surface area contributed by atoms with E-state index < -0.39 is 0 Å². The van der Waals surface area contributed by atoms with Gasteiger partial charge in [0.15, 0.2) is 0 Å². The van der Waals surface area contributed by atoms with Crippen LogP contribution in [0.3, 0.4) is 0 Å². The summed E-state index contributed by atoms with van der Waals surface area (Å²) in [5.74, 6) is 0. The summed E-state index contributed by atoms with van der Waals surface area (Å²) in [5, 5.41) is 7.74. The van der Waals surface area contributed by atoms with Crippen LogP contribution in [0, 0.1) is 0 Å². The van der Waals surface area contributed by atoms with E-state index in [4.69, 9.17) is 0 Å². The molecular weight excluding hydrogens is 384 g/mol. The van der Waals surface area contributed by atoms with Gasteiger partial charge in [-0.05, 0) is 55.9 Å². The van der Waals surface area contributed by atoms with Crippen molar-refractivity contribution in [2.45, 2.75) is 12.3 Å². The summed E-state index contributed by atoms with van der Waals surface area (Å²) >= 11 is 0. The number of fused-ring (bicyclic) bond motifs is 3. The van der Waals surface area contributed by atoms with E-state index in [1.807, 2.05) is 0 Å². The van der Waals surface area contributed by atoms with Crippen LogP contribution >= 0.6 is 0 Å². The normalized spacial score (nSPS) is 11.9. The topological polar surface area (TPSA) is 0 Å². The Morgan fingerprint density at radius 3 is 0.969 bits per heavy atom. The summed E-state index contributed by atoms with van der Waals surface area (Å²) in [6, 6.07) is 46.4. The van der Waals surface area contributed by atoms with Crippen LogP contribution in [0.4, 0.5) is 0 Å². The van der Waals surface area contributed by atoms with Crippen LogP contribution in [-0.2, 0) is 5.41 Å². The van der Waals surface area contributed by atoms with E-state index in [1.54, 1.807) is 0 Å². The predicted molar refractivity (Wildman–Crippen MR) is 137 cm³/mol. The maximum Gasteiger partial charge on any atom is 0.0441 e. The van der Waals surface area contributed by atoms with Crippen LogP contribution in [0.25, 0.3) is 32.3 Å². The van der Waals surface area contributed by atoms with Gasteiger partial charge in [-0.3, -0.25) is 0 Å². The molecule has 0 atom stereocenters. The first kappa shape index (κ1) is 18.8. The lowest BCUT2D eigenvalue weighted by atomic mass is 9.67. The summed E-state index contributed by atoms with van der Waals surface area (Å²) in [6.07, 6.45) is 0. The van der Waals surface area contributed by atoms with E-state index in [9.17, 15) is 0 Å². The molecule has 0 saturated carbocycles. The first-order chi connectivity index (χ1) is 15.8. The zero-order valence-electron chi connectivity index (χ0n) is 18.1. The van der Waals surface area contributed by atoms with E-state index in [0.29, 0.717) is 0 Å². The molecule has 152 valence electrons. The molecule has 6 aromatic rings. The fourth-order valence-corrected chi connectivity index (χ4v) is 5.42. The Bertz CT molecular complexity index is 1380. The molecule has 0 spiro atoms. The highest BCUT2D eigenvalue weighted by Crippen LogP contribution is 2.46. The molecule has 0 bridgehead atoms. The number of benzene rings is 6. The van der Waals surface area contributed by atoms with Crippen molar-refractivity contribution in [1.29, 1.82) is 0 Å². The molecule has 0 aliphatic heterocycles. The molecule has 0 heterocycles. The van der Waals surface area contributed by atoms with Gasteiger partial charge in [0.1, 0.15) is 0 Å². The molecule has 6 rings (SSSR count). The van der Waals surface area contributed by atoms with Crippen LogP contribution in [0.15, 0.2) is 127 Å². The summed E-state index contributed by atoms with van der Waals surface area (Å²) in [5.41, 5.74) is 3.68. The molecule has 0 fully saturated rings. The van der Waals surface area contributed by atoms with Crippen molar-refractivity contribution in [1.82, 2.24) is 0 Å². The Morgan fingerprint density at radius 1 is 0.344 bits per heavy atom. The summed E-state index contributed by atoms with van der Waals surface area (Å²) in [6.45, 7) is 2.40. The minimum Gasteiger partial charge on any atom is -0.0616 e. The standard InChI is InChI=1S/C32H24/c1-32(29-20-8-14-23-11-2-5-17-26(23)29,30-21-9-15-24-12-3-6-18-27(24)30)31-22-10-16-25-13-4-7-19-28(25)31/h2-22H,1H3. The van der Waals surface area contributed by atoms with Crippen molar-refractivity contribution in [2.24, 2.45) is 0 Å². The minimum absolute atomic E-state index is 0.331. The molecule has 0 aromatic heterocycles. The van der Waals surface area contributed by atoms with Crippen molar-refractivity contribution < 1.29 is 0 Å². The Morgan fingerprint density at radius 2 is 0.625 bits per heavy atom. The highest BCUT2D eigenvalue weighted by molar-refractivity contribution is 5.95. The van der Waals surface area contributed by atoms with Gasteiger partial charge in [0, 0.05) is 5.41 Å². The van der Waals surface area contributed by atoms with Gasteiger partial charge < -0.3 is 0 Å². The monoisotopic (exact) mass is 408 g/mol. The largest absolute Gasteiger partial charge is 0.0616 e. The molecule has 0 nitrogen and oxygen atoms in total. The lowest BCUT2D eigenvalue weighted by molar-refractivity contribution is 0.713. The van der Waals surface area contributed by atoms with Gasteiger partial charge in [-0.25, -0.2) is 0 Å². The summed E-state index contributed by atoms with van der Waals surface area (Å²) in [4.78, 5) is 0. The fraction of sp³-hybridized carbons (Fsp3) is 0.0625. The zero-order valence-corrected chi connectivity index (χ0v) is 18.1. The highest BCUT2D eigenvalue weighted by atomic mass is 14.4. The third-order valence-corrected chi connectivity index (χ3v) is 6.98. The first-order valence-corrected chi connectivity index (χ1v) is 11.2. The Labute approximate surface area is 188 Å². The second-order valence-electron chi connectivity index (χ2n) is 8.71. The quantitative estimate of drug-likeness (QED) is 0.257. The molecule has 0 unspecified atom stereocenters. The zero-order chi connectivity index (χ0) is 21.5. The summed E-state index contributed by atoms with van der Waals surface area (Å²) < 4.78 is 0. The van der Waals surface area contributed by atoms with Crippen LogP contribution in [0.1, 0.15) is 23.6 Å². The van der Waals surface area contributed by atoms with Crippen molar-refractivity contribution in [2.75, 3.05) is 0 Å². The van der Waals surface area contributed by atoms with Gasteiger partial charge in [-0.2, -0.15) is 0 Å². The molecule has 0 aliphatic carbocycles. The van der Waals surface area contributed by atoms with Gasteiger partial charge in [-0.15, -0.1) is 0 Å². The van der Waals surface area contributed by atoms with Crippen molar-refractivity contribution in [3.63, 3.8) is 0 Å². The Kier molecular flexibility index (Phi) is 4.33. The number of hydrogen-bond donors (Lipinski definition) is 0. The third kappa shape index (κ3) is 2.77. The SMILES string of the molecule is CC(c1cccc2ccccc12)(c1cccc2ccccc12)c1cccc2ccccc12. The number of rotatable bonds is 3. The van der Waals surface area contributed by atoms with Gasteiger partial charge in [0.05, 0.1) is 0 Å². The fourth-order valence-electron chi connectivity index (χ4n) is 5.42. The van der Waals surface area contributed by atoms with Crippen LogP contribution in [-0.4, -0.2) is 0 Å². The molecular formula is C32H24. The van der Waals surface area contributed by atoms with E-state index in [2.05, 4.69) is 134 Å². The van der Waals surface area contributed by atoms with Gasteiger partial charge >= 0.3 is 0 Å². The van der Waals surface area contributed by atoms with Crippen LogP contribution in [0.2, 0.25) is 0 Å². The van der Waals surface area contributed by atoms with Crippen LogP contribution in [0.5, 0.6) is 0 Å². The van der Waals surface area contributed by atoms with Gasteiger partial charge in [0.25, 0.3) is 0 Å². The Balaban J connectivity index is 1.81. The molecule has 0 radical (unpaired) electrons. The van der Waals surface area contributed by atoms with Crippen molar-refractivity contribution in [3.8, 4) is 0 Å². The molecule has 0 N–H and O–H groups in total. The predicted octanol–water partition coefficient (Wildman–Crippen LogP) is 8.50. The van der Waals surface area contributed by atoms with Crippen molar-refractivity contribution >= 4 is 32.3 Å². The average molecular weight is 409 g/mol. The molecule has 0 heteroatoms. The highest BCUT2D eigenvalue weighted by Gasteiger charge is 2.35. The lowest BCUT2D eigenvalue weighted by Crippen LogP contribution is -2.26. The second kappa shape index (κ2) is 7.35. The number of hydrogen-bond acceptors (Lipinski definition) is 0. The molecule has 0 aliphatic rings. The van der Waals surface area contributed by atoms with Gasteiger partial charge in [-0.1, -0.05) is 127 Å². The van der Waals surface area contributed by atoms with E-state index in [-0.39, 0.29) is 5.41 Å². The molecule has 32 heavy (non-hydrogen) atoms. The minimum atomic E-state index is -0.331. The first-order valence-electron chi connectivity index (χ1n) is 11.2. The molecule has 0 amide bonds.